The van der Waals surface area contributed by atoms with Crippen LogP contribution in [0.25, 0.3) is 0 Å². The van der Waals surface area contributed by atoms with Crippen molar-refractivity contribution in [1.29, 1.82) is 0 Å². The first-order chi connectivity index (χ1) is 9.70. The Morgan fingerprint density at radius 1 is 0.950 bits per heavy atom. The summed E-state index contributed by atoms with van der Waals surface area (Å²) < 4.78 is 0. The molecule has 3 heteroatoms. The second-order valence-electron chi connectivity index (χ2n) is 5.20. The molecule has 20 heavy (non-hydrogen) atoms. The molecule has 2 atom stereocenters. The van der Waals surface area contributed by atoms with Crippen LogP contribution in [0.1, 0.15) is 11.6 Å². The second kappa shape index (κ2) is 5.00. The molecule has 1 fully saturated rings. The lowest BCUT2D eigenvalue weighted by Crippen LogP contribution is -2.63. The van der Waals surface area contributed by atoms with E-state index in [-0.39, 0.29) is 18.0 Å². The second-order valence-corrected chi connectivity index (χ2v) is 5.20. The normalized spacial score (nSPS) is 21.5. The van der Waals surface area contributed by atoms with Gasteiger partial charge in [-0.25, -0.2) is 0 Å². The van der Waals surface area contributed by atoms with E-state index in [4.69, 9.17) is 0 Å². The van der Waals surface area contributed by atoms with Crippen LogP contribution >= 0.6 is 0 Å². The number of carbonyl (C=O) groups is 1. The molecule has 3 nitrogen and oxygen atoms in total. The average Bonchev–Trinajstić information content (AvgIpc) is 2.52. The molecule has 0 radical (unpaired) electrons. The molecule has 2 aromatic rings. The first-order valence-corrected chi connectivity index (χ1v) is 6.79. The summed E-state index contributed by atoms with van der Waals surface area (Å²) in [6.45, 7) is 0. The van der Waals surface area contributed by atoms with E-state index in [1.54, 1.807) is 0 Å². The summed E-state index contributed by atoms with van der Waals surface area (Å²) in [7, 11) is 3.86. The van der Waals surface area contributed by atoms with Crippen LogP contribution in [-0.4, -0.2) is 30.9 Å². The number of amides is 1. The van der Waals surface area contributed by atoms with E-state index < -0.39 is 0 Å². The van der Waals surface area contributed by atoms with Gasteiger partial charge in [-0.05, 0) is 17.7 Å². The molecule has 102 valence electrons. The molecule has 1 amide bonds. The predicted molar refractivity (Wildman–Crippen MR) is 80.6 cm³/mol. The maximum Gasteiger partial charge on any atom is 0.248 e. The van der Waals surface area contributed by atoms with Crippen LogP contribution in [0.15, 0.2) is 60.7 Å². The summed E-state index contributed by atoms with van der Waals surface area (Å²) in [5.74, 6) is 0.171. The number of likely N-dealkylation sites (tertiary alicyclic amines) is 1. The quantitative estimate of drug-likeness (QED) is 0.797. The number of β-lactam (4-membered cyclic amide) rings is 1. The number of rotatable bonds is 3. The maximum atomic E-state index is 12.2. The van der Waals surface area contributed by atoms with Gasteiger partial charge in [-0.15, -0.1) is 0 Å². The smallest absolute Gasteiger partial charge is 0.248 e. The predicted octanol–water partition coefficient (Wildman–Crippen LogP) is 2.70. The first-order valence-electron chi connectivity index (χ1n) is 6.79. The fourth-order valence-electron chi connectivity index (χ4n) is 2.87. The summed E-state index contributed by atoms with van der Waals surface area (Å²) in [6.07, 6.45) is 0. The third-order valence-corrected chi connectivity index (χ3v) is 4.04. The Hall–Kier alpha value is -2.29. The zero-order valence-corrected chi connectivity index (χ0v) is 11.7. The van der Waals surface area contributed by atoms with Crippen LogP contribution in [0.3, 0.4) is 0 Å². The van der Waals surface area contributed by atoms with Gasteiger partial charge >= 0.3 is 0 Å². The van der Waals surface area contributed by atoms with E-state index in [1.807, 2.05) is 67.5 Å². The minimum absolute atomic E-state index is 0.119. The Labute approximate surface area is 119 Å². The molecular formula is C17H18N2O. The van der Waals surface area contributed by atoms with Gasteiger partial charge in [0.1, 0.15) is 6.04 Å². The highest BCUT2D eigenvalue weighted by molar-refractivity contribution is 5.92. The van der Waals surface area contributed by atoms with Crippen LogP contribution < -0.4 is 4.90 Å². The van der Waals surface area contributed by atoms with Crippen molar-refractivity contribution >= 4 is 11.6 Å². The largest absolute Gasteiger partial charge is 0.361 e. The summed E-state index contributed by atoms with van der Waals surface area (Å²) in [5.41, 5.74) is 2.25. The van der Waals surface area contributed by atoms with Gasteiger partial charge in [0.25, 0.3) is 0 Å². The molecule has 2 aromatic carbocycles. The van der Waals surface area contributed by atoms with E-state index in [1.165, 1.54) is 5.56 Å². The Bertz CT molecular complexity index is 597. The van der Waals surface area contributed by atoms with E-state index in [0.717, 1.165) is 5.69 Å². The van der Waals surface area contributed by atoms with Crippen molar-refractivity contribution in [2.45, 2.75) is 12.1 Å². The molecule has 0 saturated carbocycles. The summed E-state index contributed by atoms with van der Waals surface area (Å²) in [4.78, 5) is 16.1. The van der Waals surface area contributed by atoms with Crippen LogP contribution in [0.2, 0.25) is 0 Å². The highest BCUT2D eigenvalue weighted by Crippen LogP contribution is 2.37. The van der Waals surface area contributed by atoms with Gasteiger partial charge in [-0.3, -0.25) is 4.79 Å². The van der Waals surface area contributed by atoms with Crippen molar-refractivity contribution in [1.82, 2.24) is 4.90 Å². The molecule has 1 saturated heterocycles. The van der Waals surface area contributed by atoms with Crippen molar-refractivity contribution in [2.24, 2.45) is 0 Å². The molecule has 0 aromatic heterocycles. The zero-order chi connectivity index (χ0) is 14.1. The minimum atomic E-state index is -0.121. The van der Waals surface area contributed by atoms with E-state index in [2.05, 4.69) is 17.0 Å². The van der Waals surface area contributed by atoms with Gasteiger partial charge in [0, 0.05) is 19.8 Å². The number of benzene rings is 2. The number of hydrogen-bond donors (Lipinski definition) is 0. The van der Waals surface area contributed by atoms with Crippen LogP contribution in [0.4, 0.5) is 5.69 Å². The molecule has 1 aliphatic heterocycles. The Balaban J connectivity index is 1.90. The number of hydrogen-bond acceptors (Lipinski definition) is 2. The van der Waals surface area contributed by atoms with Crippen LogP contribution in [0, 0.1) is 0 Å². The molecular weight excluding hydrogens is 248 g/mol. The van der Waals surface area contributed by atoms with Gasteiger partial charge in [-0.2, -0.15) is 0 Å². The van der Waals surface area contributed by atoms with E-state index >= 15 is 0 Å². The topological polar surface area (TPSA) is 23.6 Å². The number of likely N-dealkylation sites (N-methyl/N-ethyl adjacent to an activating group) is 2. The van der Waals surface area contributed by atoms with Crippen molar-refractivity contribution in [2.75, 3.05) is 19.0 Å². The third kappa shape index (κ3) is 1.95. The average molecular weight is 266 g/mol. The molecule has 0 N–H and O–H groups in total. The standard InChI is InChI=1S/C17H18N2O/c1-18(14-11-7-4-8-12-14)16-15(19(2)17(16)20)13-9-5-3-6-10-13/h3-12,15-16H,1-2H3/t15-,16+/m0/s1. The fraction of sp³-hybridized carbons (Fsp3) is 0.235. The van der Waals surface area contributed by atoms with Crippen molar-refractivity contribution < 1.29 is 4.79 Å². The lowest BCUT2D eigenvalue weighted by atomic mass is 9.88. The summed E-state index contributed by atoms with van der Waals surface area (Å²) in [5, 5.41) is 0. The van der Waals surface area contributed by atoms with Gasteiger partial charge in [-0.1, -0.05) is 48.5 Å². The van der Waals surface area contributed by atoms with Gasteiger partial charge in [0.05, 0.1) is 6.04 Å². The van der Waals surface area contributed by atoms with E-state index in [9.17, 15) is 4.79 Å². The number of carbonyl (C=O) groups excluding carboxylic acids is 1. The summed E-state index contributed by atoms with van der Waals surface area (Å²) in [6, 6.07) is 20.3. The lowest BCUT2D eigenvalue weighted by Gasteiger charge is -2.49. The molecule has 1 aliphatic rings. The van der Waals surface area contributed by atoms with Crippen LogP contribution in [-0.2, 0) is 4.79 Å². The number of para-hydroxylation sites is 1. The Kier molecular flexibility index (Phi) is 3.18. The lowest BCUT2D eigenvalue weighted by molar-refractivity contribution is -0.147. The summed E-state index contributed by atoms with van der Waals surface area (Å²) >= 11 is 0. The zero-order valence-electron chi connectivity index (χ0n) is 11.7. The number of nitrogens with zero attached hydrogens (tertiary/aromatic N) is 2. The Morgan fingerprint density at radius 2 is 1.50 bits per heavy atom. The molecule has 0 unspecified atom stereocenters. The monoisotopic (exact) mass is 266 g/mol. The molecule has 1 heterocycles. The molecule has 0 bridgehead atoms. The third-order valence-electron chi connectivity index (χ3n) is 4.04. The van der Waals surface area contributed by atoms with Crippen molar-refractivity contribution in [3.8, 4) is 0 Å². The van der Waals surface area contributed by atoms with Gasteiger partial charge in [0.2, 0.25) is 5.91 Å². The SMILES string of the molecule is CN1C(=O)[C@H](N(C)c2ccccc2)[C@@H]1c1ccccc1. The first kappa shape index (κ1) is 12.7. The Morgan fingerprint density at radius 3 is 2.10 bits per heavy atom. The minimum Gasteiger partial charge on any atom is -0.361 e. The van der Waals surface area contributed by atoms with Crippen molar-refractivity contribution in [3.63, 3.8) is 0 Å². The molecule has 0 aliphatic carbocycles. The maximum absolute atomic E-state index is 12.2. The highest BCUT2D eigenvalue weighted by atomic mass is 16.2. The fourth-order valence-corrected chi connectivity index (χ4v) is 2.87. The van der Waals surface area contributed by atoms with Crippen molar-refractivity contribution in [3.05, 3.63) is 66.2 Å². The molecule has 0 spiro atoms. The molecule has 3 rings (SSSR count). The van der Waals surface area contributed by atoms with Gasteiger partial charge < -0.3 is 9.80 Å². The van der Waals surface area contributed by atoms with Gasteiger partial charge in [0.15, 0.2) is 0 Å². The number of anilines is 1. The van der Waals surface area contributed by atoms with Crippen LogP contribution in [0.5, 0.6) is 0 Å². The highest BCUT2D eigenvalue weighted by Gasteiger charge is 2.48. The van der Waals surface area contributed by atoms with E-state index in [0.29, 0.717) is 0 Å².